The summed E-state index contributed by atoms with van der Waals surface area (Å²) in [5, 5.41) is 3.41. The number of pyridine rings is 1. The maximum Gasteiger partial charge on any atom is 0.242 e. The van der Waals surface area contributed by atoms with Gasteiger partial charge in [-0.3, -0.25) is 9.69 Å². The van der Waals surface area contributed by atoms with Crippen LogP contribution in [0.2, 0.25) is 5.02 Å². The number of anilines is 1. The van der Waals surface area contributed by atoms with Crippen LogP contribution in [0.1, 0.15) is 19.8 Å². The third-order valence-electron chi connectivity index (χ3n) is 4.69. The zero-order chi connectivity index (χ0) is 18.4. The number of ether oxygens (including phenoxy) is 1. The van der Waals surface area contributed by atoms with Crippen molar-refractivity contribution in [2.24, 2.45) is 5.92 Å². The molecular formula is C20H24ClN3O2. The Kier molecular flexibility index (Phi) is 6.47. The molecule has 1 saturated heterocycles. The van der Waals surface area contributed by atoms with Gasteiger partial charge in [-0.1, -0.05) is 29.8 Å². The minimum absolute atomic E-state index is 0.0514. The molecule has 2 heterocycles. The van der Waals surface area contributed by atoms with Crippen molar-refractivity contribution in [2.45, 2.75) is 25.8 Å². The molecule has 1 fully saturated rings. The molecule has 2 unspecified atom stereocenters. The fraction of sp³-hybridized carbons (Fsp3) is 0.400. The van der Waals surface area contributed by atoms with E-state index in [0.29, 0.717) is 23.4 Å². The highest BCUT2D eigenvalue weighted by atomic mass is 35.5. The average molecular weight is 374 g/mol. The van der Waals surface area contributed by atoms with Crippen molar-refractivity contribution in [1.29, 1.82) is 0 Å². The minimum atomic E-state index is -0.216. The van der Waals surface area contributed by atoms with Gasteiger partial charge in [-0.15, -0.1) is 0 Å². The molecule has 2 aromatic rings. The van der Waals surface area contributed by atoms with Gasteiger partial charge in [0.1, 0.15) is 11.6 Å². The molecule has 1 aliphatic rings. The lowest BCUT2D eigenvalue weighted by Crippen LogP contribution is -2.48. The molecule has 6 heteroatoms. The van der Waals surface area contributed by atoms with Gasteiger partial charge in [-0.25, -0.2) is 4.98 Å². The van der Waals surface area contributed by atoms with Crippen LogP contribution in [0, 0.1) is 5.92 Å². The van der Waals surface area contributed by atoms with E-state index in [1.807, 2.05) is 37.3 Å². The molecule has 1 aromatic heterocycles. The van der Waals surface area contributed by atoms with E-state index in [9.17, 15) is 4.79 Å². The van der Waals surface area contributed by atoms with E-state index in [1.54, 1.807) is 12.1 Å². The molecule has 26 heavy (non-hydrogen) atoms. The van der Waals surface area contributed by atoms with Crippen LogP contribution in [-0.2, 0) is 4.79 Å². The summed E-state index contributed by atoms with van der Waals surface area (Å²) >= 11 is 5.83. The molecule has 1 aliphatic heterocycles. The molecule has 0 saturated carbocycles. The summed E-state index contributed by atoms with van der Waals surface area (Å²) < 4.78 is 5.89. The first-order valence-corrected chi connectivity index (χ1v) is 9.34. The number of nitrogens with one attached hydrogen (secondary N) is 1. The molecule has 5 nitrogen and oxygen atoms in total. The Hall–Kier alpha value is -2.11. The third kappa shape index (κ3) is 5.19. The molecule has 138 valence electrons. The van der Waals surface area contributed by atoms with Crippen molar-refractivity contribution in [3.05, 3.63) is 53.7 Å². The largest absolute Gasteiger partial charge is 0.493 e. The summed E-state index contributed by atoms with van der Waals surface area (Å²) in [5.41, 5.74) is 0. The molecule has 0 aliphatic carbocycles. The minimum Gasteiger partial charge on any atom is -0.493 e. The second-order valence-electron chi connectivity index (χ2n) is 6.65. The lowest BCUT2D eigenvalue weighted by Gasteiger charge is -2.35. The second-order valence-corrected chi connectivity index (χ2v) is 7.09. The zero-order valence-corrected chi connectivity index (χ0v) is 15.7. The Bertz CT molecular complexity index is 709. The predicted octanol–water partition coefficient (Wildman–Crippen LogP) is 3.85. The standard InChI is InChI=1S/C20H24ClN3O2/c1-15(20(25)23-19-10-9-17(21)12-22-19)24-11-5-6-16(13-24)14-26-18-7-3-2-4-8-18/h2-4,7-10,12,15-16H,5-6,11,13-14H2,1H3,(H,22,23,25). The summed E-state index contributed by atoms with van der Waals surface area (Å²) in [5.74, 6) is 1.79. The Balaban J connectivity index is 1.51. The van der Waals surface area contributed by atoms with E-state index in [0.717, 1.165) is 31.7 Å². The van der Waals surface area contributed by atoms with E-state index in [-0.39, 0.29) is 11.9 Å². The smallest absolute Gasteiger partial charge is 0.242 e. The first-order valence-electron chi connectivity index (χ1n) is 8.96. The average Bonchev–Trinajstić information content (AvgIpc) is 2.68. The van der Waals surface area contributed by atoms with Crippen LogP contribution in [0.4, 0.5) is 5.82 Å². The second kappa shape index (κ2) is 9.01. The van der Waals surface area contributed by atoms with E-state index >= 15 is 0 Å². The molecule has 1 N–H and O–H groups in total. The highest BCUT2D eigenvalue weighted by molar-refractivity contribution is 6.30. The number of amides is 1. The monoisotopic (exact) mass is 373 g/mol. The fourth-order valence-corrected chi connectivity index (χ4v) is 3.27. The van der Waals surface area contributed by atoms with Gasteiger partial charge in [0.2, 0.25) is 5.91 Å². The van der Waals surface area contributed by atoms with Crippen molar-refractivity contribution in [2.75, 3.05) is 25.0 Å². The number of nitrogens with zero attached hydrogens (tertiary/aromatic N) is 2. The number of carbonyl (C=O) groups excluding carboxylic acids is 1. The van der Waals surface area contributed by atoms with Crippen molar-refractivity contribution >= 4 is 23.3 Å². The summed E-state index contributed by atoms with van der Waals surface area (Å²) in [7, 11) is 0. The summed E-state index contributed by atoms with van der Waals surface area (Å²) in [6.07, 6.45) is 3.72. The van der Waals surface area contributed by atoms with Crippen LogP contribution >= 0.6 is 11.6 Å². The van der Waals surface area contributed by atoms with E-state index in [1.165, 1.54) is 6.20 Å². The van der Waals surface area contributed by atoms with E-state index in [2.05, 4.69) is 15.2 Å². The van der Waals surface area contributed by atoms with Gasteiger partial charge in [0, 0.05) is 18.7 Å². The molecule has 0 bridgehead atoms. The number of hydrogen-bond donors (Lipinski definition) is 1. The first-order chi connectivity index (χ1) is 12.6. The Labute approximate surface area is 159 Å². The number of para-hydroxylation sites is 1. The first kappa shape index (κ1) is 18.7. The SMILES string of the molecule is CC(C(=O)Nc1ccc(Cl)cn1)N1CCCC(COc2ccccc2)C1. The van der Waals surface area contributed by atoms with Crippen LogP contribution in [0.15, 0.2) is 48.7 Å². The van der Waals surface area contributed by atoms with Crippen molar-refractivity contribution in [3.8, 4) is 5.75 Å². The van der Waals surface area contributed by atoms with Gasteiger partial charge in [-0.2, -0.15) is 0 Å². The van der Waals surface area contributed by atoms with Crippen LogP contribution in [-0.4, -0.2) is 41.5 Å². The quantitative estimate of drug-likeness (QED) is 0.835. The van der Waals surface area contributed by atoms with Gasteiger partial charge < -0.3 is 10.1 Å². The number of aromatic nitrogens is 1. The molecule has 1 aromatic carbocycles. The summed E-state index contributed by atoms with van der Waals surface area (Å²) in [6.45, 7) is 4.39. The molecule has 1 amide bonds. The zero-order valence-electron chi connectivity index (χ0n) is 14.9. The fourth-order valence-electron chi connectivity index (χ4n) is 3.16. The predicted molar refractivity (Wildman–Crippen MR) is 104 cm³/mol. The van der Waals surface area contributed by atoms with Gasteiger partial charge in [0.25, 0.3) is 0 Å². The number of carbonyl (C=O) groups is 1. The van der Waals surface area contributed by atoms with Crippen molar-refractivity contribution in [3.63, 3.8) is 0 Å². The number of halogens is 1. The Morgan fingerprint density at radius 2 is 2.15 bits per heavy atom. The van der Waals surface area contributed by atoms with Crippen LogP contribution in [0.3, 0.4) is 0 Å². The number of likely N-dealkylation sites (tertiary alicyclic amines) is 1. The topological polar surface area (TPSA) is 54.5 Å². The summed E-state index contributed by atoms with van der Waals surface area (Å²) in [4.78, 5) is 18.9. The lowest BCUT2D eigenvalue weighted by atomic mass is 9.97. The lowest BCUT2D eigenvalue weighted by molar-refractivity contribution is -0.121. The molecule has 0 radical (unpaired) electrons. The van der Waals surface area contributed by atoms with E-state index < -0.39 is 0 Å². The number of benzene rings is 1. The van der Waals surface area contributed by atoms with E-state index in [4.69, 9.17) is 16.3 Å². The van der Waals surface area contributed by atoms with Crippen molar-refractivity contribution < 1.29 is 9.53 Å². The third-order valence-corrected chi connectivity index (χ3v) is 4.91. The number of piperidine rings is 1. The van der Waals surface area contributed by atoms with Gasteiger partial charge in [-0.05, 0) is 50.6 Å². The van der Waals surface area contributed by atoms with Gasteiger partial charge in [0.15, 0.2) is 0 Å². The molecule has 2 atom stereocenters. The number of rotatable bonds is 6. The highest BCUT2D eigenvalue weighted by Crippen LogP contribution is 2.21. The Morgan fingerprint density at radius 3 is 2.88 bits per heavy atom. The van der Waals surface area contributed by atoms with Crippen LogP contribution in [0.25, 0.3) is 0 Å². The maximum absolute atomic E-state index is 12.5. The number of hydrogen-bond acceptors (Lipinski definition) is 4. The Morgan fingerprint density at radius 1 is 1.35 bits per heavy atom. The molecular weight excluding hydrogens is 350 g/mol. The van der Waals surface area contributed by atoms with Gasteiger partial charge in [0.05, 0.1) is 17.7 Å². The maximum atomic E-state index is 12.5. The van der Waals surface area contributed by atoms with Crippen LogP contribution < -0.4 is 10.1 Å². The summed E-state index contributed by atoms with van der Waals surface area (Å²) in [6, 6.07) is 13.1. The van der Waals surface area contributed by atoms with Crippen molar-refractivity contribution in [1.82, 2.24) is 9.88 Å². The highest BCUT2D eigenvalue weighted by Gasteiger charge is 2.28. The normalized spacial score (nSPS) is 18.9. The molecule has 3 rings (SSSR count). The molecule has 0 spiro atoms. The van der Waals surface area contributed by atoms with Gasteiger partial charge >= 0.3 is 0 Å². The van der Waals surface area contributed by atoms with Crippen LogP contribution in [0.5, 0.6) is 5.75 Å².